The molecule has 0 radical (unpaired) electrons. The summed E-state index contributed by atoms with van der Waals surface area (Å²) in [6.45, 7) is 6.47. The van der Waals surface area contributed by atoms with Crippen molar-refractivity contribution in [1.82, 2.24) is 10.2 Å². The van der Waals surface area contributed by atoms with Crippen LogP contribution in [0.1, 0.15) is 45.0 Å². The van der Waals surface area contributed by atoms with Crippen LogP contribution in [-0.4, -0.2) is 10.2 Å². The maximum Gasteiger partial charge on any atom is 0.0679 e. The molecule has 0 bridgehead atoms. The van der Waals surface area contributed by atoms with Crippen molar-refractivity contribution < 1.29 is 0 Å². The second-order valence-corrected chi connectivity index (χ2v) is 5.07. The fourth-order valence-electron chi connectivity index (χ4n) is 1.36. The molecule has 0 aromatic carbocycles. The molecule has 1 aromatic rings. The van der Waals surface area contributed by atoms with E-state index in [0.29, 0.717) is 0 Å². The zero-order valence-electron chi connectivity index (χ0n) is 8.52. The molecule has 3 N–H and O–H groups in total. The third kappa shape index (κ3) is 1.48. The predicted octanol–water partition coefficient (Wildman–Crippen LogP) is 1.66. The molecule has 0 saturated heterocycles. The normalized spacial score (nSPS) is 20.3. The molecule has 2 rings (SSSR count). The monoisotopic (exact) mass is 179 g/mol. The Morgan fingerprint density at radius 1 is 1.46 bits per heavy atom. The lowest BCUT2D eigenvalue weighted by Gasteiger charge is -2.13. The Labute approximate surface area is 78.7 Å². The number of nitrogens with two attached hydrogens (primary N) is 1. The Balaban J connectivity index is 2.29. The summed E-state index contributed by atoms with van der Waals surface area (Å²) in [5.74, 6) is 0. The molecule has 0 amide bonds. The van der Waals surface area contributed by atoms with E-state index in [-0.39, 0.29) is 11.0 Å². The van der Waals surface area contributed by atoms with Crippen molar-refractivity contribution in [2.75, 3.05) is 0 Å². The number of nitrogens with one attached hydrogen (secondary N) is 1. The summed E-state index contributed by atoms with van der Waals surface area (Å²) in [6, 6.07) is 2.10. The lowest BCUT2D eigenvalue weighted by molar-refractivity contribution is 0.566. The molecule has 1 aliphatic rings. The molecule has 13 heavy (non-hydrogen) atoms. The van der Waals surface area contributed by atoms with E-state index in [4.69, 9.17) is 5.73 Å². The van der Waals surface area contributed by atoms with Crippen molar-refractivity contribution in [2.24, 2.45) is 5.73 Å². The minimum absolute atomic E-state index is 0.0868. The fraction of sp³-hybridized carbons (Fsp3) is 0.700. The van der Waals surface area contributed by atoms with Gasteiger partial charge < -0.3 is 5.73 Å². The third-order valence-electron chi connectivity index (χ3n) is 2.67. The molecule has 1 aliphatic carbocycles. The maximum absolute atomic E-state index is 6.05. The van der Waals surface area contributed by atoms with Gasteiger partial charge in [-0.2, -0.15) is 5.10 Å². The summed E-state index contributed by atoms with van der Waals surface area (Å²) < 4.78 is 0. The number of nitrogens with zero attached hydrogens (tertiary/aromatic N) is 1. The first-order valence-electron chi connectivity index (χ1n) is 4.77. The van der Waals surface area contributed by atoms with Gasteiger partial charge in [0.05, 0.1) is 16.9 Å². The number of aromatic amines is 1. The van der Waals surface area contributed by atoms with Crippen LogP contribution >= 0.6 is 0 Å². The van der Waals surface area contributed by atoms with Crippen LogP contribution in [0, 0.1) is 0 Å². The Kier molecular flexibility index (Phi) is 1.58. The van der Waals surface area contributed by atoms with Crippen molar-refractivity contribution in [2.45, 2.75) is 44.6 Å². The first-order chi connectivity index (χ1) is 5.92. The lowest BCUT2D eigenvalue weighted by Crippen LogP contribution is -2.19. The van der Waals surface area contributed by atoms with Crippen LogP contribution in [0.4, 0.5) is 0 Å². The summed E-state index contributed by atoms with van der Waals surface area (Å²) in [5, 5.41) is 7.33. The summed E-state index contributed by atoms with van der Waals surface area (Å²) in [4.78, 5) is 0. The minimum Gasteiger partial charge on any atom is -0.320 e. The highest BCUT2D eigenvalue weighted by Gasteiger charge is 2.42. The molecule has 1 heterocycles. The minimum atomic E-state index is -0.0868. The topological polar surface area (TPSA) is 54.7 Å². The van der Waals surface area contributed by atoms with Crippen molar-refractivity contribution in [1.29, 1.82) is 0 Å². The van der Waals surface area contributed by atoms with Crippen LogP contribution in [-0.2, 0) is 11.0 Å². The lowest BCUT2D eigenvalue weighted by atomic mass is 9.92. The molecule has 3 nitrogen and oxygen atoms in total. The van der Waals surface area contributed by atoms with Crippen LogP contribution in [0.25, 0.3) is 0 Å². The second kappa shape index (κ2) is 2.35. The van der Waals surface area contributed by atoms with E-state index in [1.165, 1.54) is 0 Å². The van der Waals surface area contributed by atoms with Gasteiger partial charge >= 0.3 is 0 Å². The smallest absolute Gasteiger partial charge is 0.0679 e. The Bertz CT molecular complexity index is 295. The molecule has 1 saturated carbocycles. The highest BCUT2D eigenvalue weighted by Crippen LogP contribution is 2.42. The van der Waals surface area contributed by atoms with E-state index in [9.17, 15) is 0 Å². The molecule has 0 aliphatic heterocycles. The summed E-state index contributed by atoms with van der Waals surface area (Å²) in [6.07, 6.45) is 2.16. The van der Waals surface area contributed by atoms with Crippen LogP contribution in [0.2, 0.25) is 0 Å². The number of H-pyrrole nitrogens is 1. The predicted molar refractivity (Wildman–Crippen MR) is 52.4 cm³/mol. The van der Waals surface area contributed by atoms with Crippen molar-refractivity contribution in [3.8, 4) is 0 Å². The SMILES string of the molecule is CC(C)(C)c1cc(C2(N)CC2)[nH]n1. The third-order valence-corrected chi connectivity index (χ3v) is 2.67. The molecule has 0 spiro atoms. The van der Waals surface area contributed by atoms with Crippen molar-refractivity contribution in [3.05, 3.63) is 17.5 Å². The average Bonchev–Trinajstić information content (AvgIpc) is 2.60. The number of aromatic nitrogens is 2. The maximum atomic E-state index is 6.05. The molecule has 0 unspecified atom stereocenters. The van der Waals surface area contributed by atoms with Gasteiger partial charge in [0.2, 0.25) is 0 Å². The fourth-order valence-corrected chi connectivity index (χ4v) is 1.36. The first kappa shape index (κ1) is 8.75. The highest BCUT2D eigenvalue weighted by atomic mass is 15.1. The Morgan fingerprint density at radius 3 is 2.46 bits per heavy atom. The summed E-state index contributed by atoms with van der Waals surface area (Å²) in [7, 11) is 0. The average molecular weight is 179 g/mol. The number of hydrogen-bond donors (Lipinski definition) is 2. The molecule has 3 heteroatoms. The summed E-state index contributed by atoms with van der Waals surface area (Å²) >= 11 is 0. The molecule has 0 atom stereocenters. The molecular formula is C10H17N3. The quantitative estimate of drug-likeness (QED) is 0.688. The van der Waals surface area contributed by atoms with Crippen LogP contribution in [0.5, 0.6) is 0 Å². The standard InChI is InChI=1S/C10H17N3/c1-9(2,3)7-6-8(13-12-7)10(11)4-5-10/h6H,4-5,11H2,1-3H3,(H,12,13). The molecule has 72 valence electrons. The zero-order valence-corrected chi connectivity index (χ0v) is 8.52. The molecular weight excluding hydrogens is 162 g/mol. The first-order valence-corrected chi connectivity index (χ1v) is 4.77. The van der Waals surface area contributed by atoms with Gasteiger partial charge in [-0.3, -0.25) is 5.10 Å². The second-order valence-electron chi connectivity index (χ2n) is 5.07. The van der Waals surface area contributed by atoms with E-state index >= 15 is 0 Å². The van der Waals surface area contributed by atoms with Gasteiger partial charge in [-0.25, -0.2) is 0 Å². The van der Waals surface area contributed by atoms with Gasteiger partial charge in [0.25, 0.3) is 0 Å². The van der Waals surface area contributed by atoms with Gasteiger partial charge in [-0.05, 0) is 18.9 Å². The largest absolute Gasteiger partial charge is 0.320 e. The van der Waals surface area contributed by atoms with Crippen molar-refractivity contribution >= 4 is 0 Å². The van der Waals surface area contributed by atoms with Crippen LogP contribution in [0.15, 0.2) is 6.07 Å². The Hall–Kier alpha value is -0.830. The van der Waals surface area contributed by atoms with Gasteiger partial charge in [0, 0.05) is 5.41 Å². The van der Waals surface area contributed by atoms with E-state index < -0.39 is 0 Å². The van der Waals surface area contributed by atoms with Crippen LogP contribution in [0.3, 0.4) is 0 Å². The summed E-state index contributed by atoms with van der Waals surface area (Å²) in [5.41, 5.74) is 8.27. The van der Waals surface area contributed by atoms with Gasteiger partial charge in [-0.15, -0.1) is 0 Å². The van der Waals surface area contributed by atoms with Crippen LogP contribution < -0.4 is 5.73 Å². The van der Waals surface area contributed by atoms with E-state index in [1.807, 2.05) is 0 Å². The highest BCUT2D eigenvalue weighted by molar-refractivity contribution is 5.26. The number of hydrogen-bond acceptors (Lipinski definition) is 2. The van der Waals surface area contributed by atoms with E-state index in [1.54, 1.807) is 0 Å². The number of rotatable bonds is 1. The molecule has 1 aromatic heterocycles. The van der Waals surface area contributed by atoms with Gasteiger partial charge in [0.15, 0.2) is 0 Å². The Morgan fingerprint density at radius 2 is 2.08 bits per heavy atom. The van der Waals surface area contributed by atoms with Gasteiger partial charge in [0.1, 0.15) is 0 Å². The van der Waals surface area contributed by atoms with E-state index in [0.717, 1.165) is 24.2 Å². The van der Waals surface area contributed by atoms with Gasteiger partial charge in [-0.1, -0.05) is 20.8 Å². The van der Waals surface area contributed by atoms with E-state index in [2.05, 4.69) is 37.0 Å². The van der Waals surface area contributed by atoms with Crippen molar-refractivity contribution in [3.63, 3.8) is 0 Å². The zero-order chi connectivity index (χ0) is 9.69. The molecule has 1 fully saturated rings.